The van der Waals surface area contributed by atoms with Crippen LogP contribution in [0.2, 0.25) is 0 Å². The average Bonchev–Trinajstić information content (AvgIpc) is 3.64. The molecule has 0 saturated carbocycles. The summed E-state index contributed by atoms with van der Waals surface area (Å²) in [6, 6.07) is 39.5. The van der Waals surface area contributed by atoms with Crippen molar-refractivity contribution in [3.8, 4) is 22.5 Å². The van der Waals surface area contributed by atoms with Crippen LogP contribution in [-0.2, 0) is 0 Å². The fraction of sp³-hybridized carbons (Fsp3) is 0. The van der Waals surface area contributed by atoms with E-state index in [4.69, 9.17) is 9.97 Å². The highest BCUT2D eigenvalue weighted by Crippen LogP contribution is 2.26. The van der Waals surface area contributed by atoms with E-state index in [1.807, 2.05) is 134 Å². The number of rotatable bonds is 8. The first kappa shape index (κ1) is 24.6. The van der Waals surface area contributed by atoms with Gasteiger partial charge in [-0.1, -0.05) is 121 Å². The molecular weight excluding hydrogens is 496 g/mol. The zero-order chi connectivity index (χ0) is 27.0. The van der Waals surface area contributed by atoms with Gasteiger partial charge in [0.2, 0.25) is 0 Å². The van der Waals surface area contributed by atoms with Crippen molar-refractivity contribution < 1.29 is 0 Å². The minimum absolute atomic E-state index is 0.314. The lowest BCUT2D eigenvalue weighted by molar-refractivity contribution is 0.837. The van der Waals surface area contributed by atoms with E-state index in [0.717, 1.165) is 33.6 Å². The molecule has 8 heteroatoms. The van der Waals surface area contributed by atoms with E-state index < -0.39 is 0 Å². The Kier molecular flexibility index (Phi) is 7.21. The summed E-state index contributed by atoms with van der Waals surface area (Å²) >= 11 is 0. The van der Waals surface area contributed by atoms with Crippen molar-refractivity contribution in [2.24, 2.45) is 20.4 Å². The Labute approximate surface area is 231 Å². The summed E-state index contributed by atoms with van der Waals surface area (Å²) in [5, 5.41) is 18.1. The van der Waals surface area contributed by atoms with Crippen LogP contribution in [0.4, 0.5) is 11.9 Å². The molecular formula is C32H24N8. The number of hydrogen-bond donors (Lipinski definition) is 0. The molecule has 0 spiro atoms. The van der Waals surface area contributed by atoms with E-state index in [1.165, 1.54) is 0 Å². The molecule has 192 valence electrons. The van der Waals surface area contributed by atoms with Gasteiger partial charge in [-0.05, 0) is 11.1 Å². The first-order valence-electron chi connectivity index (χ1n) is 12.7. The van der Waals surface area contributed by atoms with E-state index in [9.17, 15) is 0 Å². The van der Waals surface area contributed by atoms with Gasteiger partial charge in [0.25, 0.3) is 11.9 Å². The molecule has 0 radical (unpaired) electrons. The van der Waals surface area contributed by atoms with Gasteiger partial charge in [0.1, 0.15) is 0 Å². The van der Waals surface area contributed by atoms with Crippen LogP contribution >= 0.6 is 0 Å². The van der Waals surface area contributed by atoms with E-state index >= 15 is 0 Å². The fourth-order valence-corrected chi connectivity index (χ4v) is 3.95. The van der Waals surface area contributed by atoms with Crippen LogP contribution in [0.5, 0.6) is 0 Å². The number of azo groups is 1. The molecule has 0 aliphatic carbocycles. The normalized spacial score (nSPS) is 11.7. The highest BCUT2D eigenvalue weighted by atomic mass is 15.5. The topological polar surface area (TPSA) is 85.1 Å². The second-order valence-corrected chi connectivity index (χ2v) is 8.78. The summed E-state index contributed by atoms with van der Waals surface area (Å²) in [5.74, 6) is 0.628. The molecule has 6 aromatic rings. The van der Waals surface area contributed by atoms with Crippen LogP contribution in [0.15, 0.2) is 154 Å². The van der Waals surface area contributed by atoms with Crippen molar-refractivity contribution in [1.29, 1.82) is 0 Å². The lowest BCUT2D eigenvalue weighted by atomic mass is 10.2. The van der Waals surface area contributed by atoms with Gasteiger partial charge in [-0.15, -0.1) is 10.2 Å². The summed E-state index contributed by atoms with van der Waals surface area (Å²) in [6.45, 7) is 0. The minimum Gasteiger partial charge on any atom is -0.208 e. The molecule has 0 unspecified atom stereocenters. The highest BCUT2D eigenvalue weighted by molar-refractivity contribution is 5.80. The fourth-order valence-electron chi connectivity index (χ4n) is 3.95. The average molecular weight is 521 g/mol. The first-order valence-corrected chi connectivity index (χ1v) is 12.7. The van der Waals surface area contributed by atoms with E-state index in [0.29, 0.717) is 11.9 Å². The zero-order valence-electron chi connectivity index (χ0n) is 21.4. The van der Waals surface area contributed by atoms with Gasteiger partial charge in [-0.25, -0.2) is 19.3 Å². The van der Waals surface area contributed by atoms with Crippen molar-refractivity contribution in [3.63, 3.8) is 0 Å². The molecule has 6 rings (SSSR count). The number of aromatic nitrogens is 4. The third kappa shape index (κ3) is 5.87. The summed E-state index contributed by atoms with van der Waals surface area (Å²) in [4.78, 5) is 9.42. The smallest absolute Gasteiger partial charge is 0.208 e. The van der Waals surface area contributed by atoms with Gasteiger partial charge in [-0.2, -0.15) is 10.2 Å². The Morgan fingerprint density at radius 3 is 1.18 bits per heavy atom. The van der Waals surface area contributed by atoms with E-state index in [2.05, 4.69) is 20.4 Å². The Morgan fingerprint density at radius 1 is 0.450 bits per heavy atom. The van der Waals surface area contributed by atoms with Crippen molar-refractivity contribution in [1.82, 2.24) is 19.3 Å². The second-order valence-electron chi connectivity index (χ2n) is 8.78. The number of imidazole rings is 2. The lowest BCUT2D eigenvalue weighted by Crippen LogP contribution is -1.90. The van der Waals surface area contributed by atoms with Gasteiger partial charge < -0.3 is 0 Å². The van der Waals surface area contributed by atoms with Gasteiger partial charge in [0, 0.05) is 11.1 Å². The van der Waals surface area contributed by atoms with E-state index in [1.54, 1.807) is 21.8 Å². The van der Waals surface area contributed by atoms with Gasteiger partial charge in [0.05, 0.1) is 36.2 Å². The maximum atomic E-state index is 4.71. The molecule has 2 aromatic heterocycles. The monoisotopic (exact) mass is 520 g/mol. The van der Waals surface area contributed by atoms with E-state index in [-0.39, 0.29) is 0 Å². The minimum atomic E-state index is 0.314. The van der Waals surface area contributed by atoms with Gasteiger partial charge in [0.15, 0.2) is 0 Å². The standard InChI is InChI=1S/C32H24N8/c1-5-13-25(14-6-1)21-33-39-23-29(27-17-9-3-10-18-27)35-31(39)37-38-32-36-30(28-19-11-4-12-20-28)24-40(32)34-22-26-15-7-2-8-16-26/h1-24H. The molecule has 0 bridgehead atoms. The summed E-state index contributed by atoms with van der Waals surface area (Å²) in [7, 11) is 0. The molecule has 0 fully saturated rings. The molecule has 0 aliphatic heterocycles. The van der Waals surface area contributed by atoms with Crippen LogP contribution < -0.4 is 0 Å². The molecule has 0 aliphatic rings. The predicted molar refractivity (Wildman–Crippen MR) is 158 cm³/mol. The Balaban J connectivity index is 1.38. The maximum absolute atomic E-state index is 4.71. The van der Waals surface area contributed by atoms with Gasteiger partial charge in [-0.3, -0.25) is 0 Å². The summed E-state index contributed by atoms with van der Waals surface area (Å²) in [6.07, 6.45) is 7.18. The predicted octanol–water partition coefficient (Wildman–Crippen LogP) is 7.59. The first-order chi connectivity index (χ1) is 19.8. The molecule has 0 N–H and O–H groups in total. The molecule has 40 heavy (non-hydrogen) atoms. The van der Waals surface area contributed by atoms with Crippen molar-refractivity contribution in [3.05, 3.63) is 145 Å². The summed E-state index contributed by atoms with van der Waals surface area (Å²) in [5.41, 5.74) is 5.28. The van der Waals surface area contributed by atoms with Crippen LogP contribution in [0.25, 0.3) is 22.5 Å². The van der Waals surface area contributed by atoms with Crippen molar-refractivity contribution >= 4 is 24.3 Å². The largest absolute Gasteiger partial charge is 0.270 e. The third-order valence-electron chi connectivity index (χ3n) is 5.97. The lowest BCUT2D eigenvalue weighted by Gasteiger charge is -1.97. The summed E-state index contributed by atoms with van der Waals surface area (Å²) < 4.78 is 3.22. The molecule has 2 heterocycles. The van der Waals surface area contributed by atoms with Crippen molar-refractivity contribution in [2.45, 2.75) is 0 Å². The highest BCUT2D eigenvalue weighted by Gasteiger charge is 2.12. The number of nitrogens with zero attached hydrogens (tertiary/aromatic N) is 8. The van der Waals surface area contributed by atoms with Crippen LogP contribution in [-0.4, -0.2) is 31.7 Å². The van der Waals surface area contributed by atoms with Crippen molar-refractivity contribution in [2.75, 3.05) is 0 Å². The molecule has 0 saturated heterocycles. The zero-order valence-corrected chi connectivity index (χ0v) is 21.4. The van der Waals surface area contributed by atoms with Crippen LogP contribution in [0.3, 0.4) is 0 Å². The molecule has 8 nitrogen and oxygen atoms in total. The van der Waals surface area contributed by atoms with Gasteiger partial charge >= 0.3 is 0 Å². The Morgan fingerprint density at radius 2 is 0.800 bits per heavy atom. The van der Waals surface area contributed by atoms with Crippen LogP contribution in [0.1, 0.15) is 11.1 Å². The molecule has 0 atom stereocenters. The number of benzene rings is 4. The SMILES string of the molecule is C(=Nn1cc(-c2ccccc2)nc1N=Nc1nc(-c2ccccc2)cn1N=Cc1ccccc1)c1ccccc1. The molecule has 4 aromatic carbocycles. The maximum Gasteiger partial charge on any atom is 0.270 e. The third-order valence-corrected chi connectivity index (χ3v) is 5.97. The number of hydrogen-bond acceptors (Lipinski definition) is 6. The second kappa shape index (κ2) is 11.7. The quantitative estimate of drug-likeness (QED) is 0.153. The van der Waals surface area contributed by atoms with Crippen LogP contribution in [0, 0.1) is 0 Å². The molecule has 0 amide bonds. The Hall–Kier alpha value is -5.76. The Bertz CT molecular complexity index is 1640.